The lowest BCUT2D eigenvalue weighted by Gasteiger charge is -2.30. The van der Waals surface area contributed by atoms with E-state index in [0.717, 1.165) is 12.2 Å². The third-order valence-corrected chi connectivity index (χ3v) is 5.70. The Balaban J connectivity index is 1.33. The number of hydrogen-bond donors (Lipinski definition) is 1. The first-order valence-electron chi connectivity index (χ1n) is 11.8. The smallest absolute Gasteiger partial charge is 0.265 e. The molecule has 2 amide bonds. The standard InChI is InChI=1S/C28H30N2O5/c1-3-21-7-12-24(13-8-21)34-18-27(31)29-22-9-14-26-25(17-22)30(28(32)19-35-26)15-4-16-33-23-10-5-20(2)6-11-23/h5-14,17H,3-4,15-16,18-19H2,1-2H3,(H,29,31). The second-order valence-corrected chi connectivity index (χ2v) is 8.37. The van der Waals surface area contributed by atoms with Crippen LogP contribution in [0.3, 0.4) is 0 Å². The Kier molecular flexibility index (Phi) is 7.88. The van der Waals surface area contributed by atoms with Crippen LogP contribution in [0.5, 0.6) is 17.2 Å². The molecular weight excluding hydrogens is 444 g/mol. The number of anilines is 2. The van der Waals surface area contributed by atoms with Crippen molar-refractivity contribution in [2.75, 3.05) is 36.6 Å². The molecule has 1 aliphatic heterocycles. The molecule has 0 unspecified atom stereocenters. The van der Waals surface area contributed by atoms with Crippen LogP contribution in [0.4, 0.5) is 11.4 Å². The van der Waals surface area contributed by atoms with Gasteiger partial charge in [-0.25, -0.2) is 0 Å². The number of benzene rings is 3. The van der Waals surface area contributed by atoms with Crippen molar-refractivity contribution < 1.29 is 23.8 Å². The molecule has 1 heterocycles. The summed E-state index contributed by atoms with van der Waals surface area (Å²) in [6.07, 6.45) is 1.60. The van der Waals surface area contributed by atoms with Crippen molar-refractivity contribution >= 4 is 23.2 Å². The maximum atomic E-state index is 12.5. The number of carbonyl (C=O) groups excluding carboxylic acids is 2. The molecule has 1 aliphatic rings. The average molecular weight is 475 g/mol. The van der Waals surface area contributed by atoms with Gasteiger partial charge in [-0.3, -0.25) is 9.59 Å². The van der Waals surface area contributed by atoms with E-state index in [0.29, 0.717) is 42.4 Å². The number of nitrogens with one attached hydrogen (secondary N) is 1. The lowest BCUT2D eigenvalue weighted by Crippen LogP contribution is -2.39. The molecule has 182 valence electrons. The fourth-order valence-corrected chi connectivity index (χ4v) is 3.74. The van der Waals surface area contributed by atoms with E-state index in [-0.39, 0.29) is 25.0 Å². The molecule has 7 heteroatoms. The minimum absolute atomic E-state index is 0.0117. The summed E-state index contributed by atoms with van der Waals surface area (Å²) < 4.78 is 16.9. The van der Waals surface area contributed by atoms with Crippen molar-refractivity contribution in [3.05, 3.63) is 77.9 Å². The van der Waals surface area contributed by atoms with Gasteiger partial charge in [0.05, 0.1) is 12.3 Å². The highest BCUT2D eigenvalue weighted by Gasteiger charge is 2.25. The van der Waals surface area contributed by atoms with Crippen LogP contribution in [0.1, 0.15) is 24.5 Å². The summed E-state index contributed by atoms with van der Waals surface area (Å²) in [7, 11) is 0. The van der Waals surface area contributed by atoms with Crippen LogP contribution in [0.15, 0.2) is 66.7 Å². The van der Waals surface area contributed by atoms with Crippen molar-refractivity contribution in [2.45, 2.75) is 26.7 Å². The Hall–Kier alpha value is -4.00. The zero-order chi connectivity index (χ0) is 24.6. The number of fused-ring (bicyclic) bond motifs is 1. The van der Waals surface area contributed by atoms with E-state index in [4.69, 9.17) is 14.2 Å². The Labute approximate surface area is 205 Å². The summed E-state index contributed by atoms with van der Waals surface area (Å²) in [4.78, 5) is 26.7. The molecule has 0 saturated heterocycles. The monoisotopic (exact) mass is 474 g/mol. The molecule has 7 nitrogen and oxygen atoms in total. The molecule has 0 saturated carbocycles. The molecule has 0 aromatic heterocycles. The second kappa shape index (κ2) is 11.4. The van der Waals surface area contributed by atoms with Gasteiger partial charge in [-0.2, -0.15) is 0 Å². The number of rotatable bonds is 10. The van der Waals surface area contributed by atoms with Crippen molar-refractivity contribution in [2.24, 2.45) is 0 Å². The van der Waals surface area contributed by atoms with Gasteiger partial charge in [0, 0.05) is 12.2 Å². The van der Waals surface area contributed by atoms with E-state index >= 15 is 0 Å². The van der Waals surface area contributed by atoms with E-state index in [9.17, 15) is 9.59 Å². The predicted octanol–water partition coefficient (Wildman–Crippen LogP) is 4.77. The van der Waals surface area contributed by atoms with E-state index in [2.05, 4.69) is 12.2 Å². The SMILES string of the molecule is CCc1ccc(OCC(=O)Nc2ccc3c(c2)N(CCCOc2ccc(C)cc2)C(=O)CO3)cc1. The highest BCUT2D eigenvalue weighted by molar-refractivity contribution is 5.99. The van der Waals surface area contributed by atoms with Gasteiger partial charge in [0.15, 0.2) is 13.2 Å². The van der Waals surface area contributed by atoms with Crippen LogP contribution < -0.4 is 24.4 Å². The topological polar surface area (TPSA) is 77.1 Å². The first kappa shape index (κ1) is 24.1. The lowest BCUT2D eigenvalue weighted by atomic mass is 10.2. The number of amides is 2. The summed E-state index contributed by atoms with van der Waals surface area (Å²) in [5.41, 5.74) is 3.58. The fraction of sp³-hybridized carbons (Fsp3) is 0.286. The molecule has 4 rings (SSSR count). The minimum Gasteiger partial charge on any atom is -0.494 e. The third-order valence-electron chi connectivity index (χ3n) is 5.70. The van der Waals surface area contributed by atoms with Gasteiger partial charge in [-0.05, 0) is 67.8 Å². The van der Waals surface area contributed by atoms with Crippen LogP contribution >= 0.6 is 0 Å². The number of aryl methyl sites for hydroxylation is 2. The van der Waals surface area contributed by atoms with E-state index < -0.39 is 0 Å². The van der Waals surface area contributed by atoms with Gasteiger partial charge in [-0.1, -0.05) is 36.8 Å². The fourth-order valence-electron chi connectivity index (χ4n) is 3.74. The van der Waals surface area contributed by atoms with Crippen molar-refractivity contribution in [3.8, 4) is 17.2 Å². The maximum absolute atomic E-state index is 12.5. The van der Waals surface area contributed by atoms with Crippen LogP contribution in [-0.4, -0.2) is 38.2 Å². The summed E-state index contributed by atoms with van der Waals surface area (Å²) in [5, 5.41) is 2.83. The number of ether oxygens (including phenoxy) is 3. The van der Waals surface area contributed by atoms with Gasteiger partial charge < -0.3 is 24.4 Å². The van der Waals surface area contributed by atoms with Crippen molar-refractivity contribution in [1.82, 2.24) is 0 Å². The quantitative estimate of drug-likeness (QED) is 0.429. The van der Waals surface area contributed by atoms with Crippen LogP contribution in [0.2, 0.25) is 0 Å². The molecule has 35 heavy (non-hydrogen) atoms. The van der Waals surface area contributed by atoms with Gasteiger partial charge >= 0.3 is 0 Å². The Morgan fingerprint density at radius 3 is 2.46 bits per heavy atom. The van der Waals surface area contributed by atoms with Crippen LogP contribution in [0.25, 0.3) is 0 Å². The first-order chi connectivity index (χ1) is 17.0. The van der Waals surface area contributed by atoms with Crippen LogP contribution in [-0.2, 0) is 16.0 Å². The number of carbonyl (C=O) groups is 2. The van der Waals surface area contributed by atoms with E-state index in [1.165, 1.54) is 11.1 Å². The molecule has 0 spiro atoms. The zero-order valence-electron chi connectivity index (χ0n) is 20.1. The third kappa shape index (κ3) is 6.53. The van der Waals surface area contributed by atoms with Crippen LogP contribution in [0, 0.1) is 6.92 Å². The highest BCUT2D eigenvalue weighted by Crippen LogP contribution is 2.34. The van der Waals surface area contributed by atoms with Crippen molar-refractivity contribution in [1.29, 1.82) is 0 Å². The molecular formula is C28H30N2O5. The molecule has 0 aliphatic carbocycles. The molecule has 0 bridgehead atoms. The van der Waals surface area contributed by atoms with Gasteiger partial charge in [0.2, 0.25) is 0 Å². The Bertz CT molecular complexity index is 1160. The van der Waals surface area contributed by atoms with Gasteiger partial charge in [0.25, 0.3) is 11.8 Å². The summed E-state index contributed by atoms with van der Waals surface area (Å²) in [5.74, 6) is 1.63. The zero-order valence-corrected chi connectivity index (χ0v) is 20.1. The van der Waals surface area contributed by atoms with E-state index in [1.807, 2.05) is 55.5 Å². The molecule has 3 aromatic rings. The normalized spacial score (nSPS) is 12.5. The predicted molar refractivity (Wildman–Crippen MR) is 136 cm³/mol. The molecule has 3 aromatic carbocycles. The minimum atomic E-state index is -0.286. The van der Waals surface area contributed by atoms with Gasteiger partial charge in [-0.15, -0.1) is 0 Å². The Morgan fingerprint density at radius 2 is 1.71 bits per heavy atom. The lowest BCUT2D eigenvalue weighted by molar-refractivity contribution is -0.121. The number of nitrogens with zero attached hydrogens (tertiary/aromatic N) is 1. The number of hydrogen-bond acceptors (Lipinski definition) is 5. The largest absolute Gasteiger partial charge is 0.494 e. The summed E-state index contributed by atoms with van der Waals surface area (Å²) in [6, 6.07) is 20.8. The summed E-state index contributed by atoms with van der Waals surface area (Å²) in [6.45, 7) is 4.95. The first-order valence-corrected chi connectivity index (χ1v) is 11.8. The van der Waals surface area contributed by atoms with Gasteiger partial charge in [0.1, 0.15) is 17.2 Å². The van der Waals surface area contributed by atoms with E-state index in [1.54, 1.807) is 23.1 Å². The molecule has 1 N–H and O–H groups in total. The Morgan fingerprint density at radius 1 is 1.00 bits per heavy atom. The second-order valence-electron chi connectivity index (χ2n) is 8.37. The molecule has 0 radical (unpaired) electrons. The highest BCUT2D eigenvalue weighted by atomic mass is 16.5. The maximum Gasteiger partial charge on any atom is 0.265 e. The van der Waals surface area contributed by atoms with Crippen molar-refractivity contribution in [3.63, 3.8) is 0 Å². The average Bonchev–Trinajstić information content (AvgIpc) is 2.88. The summed E-state index contributed by atoms with van der Waals surface area (Å²) >= 11 is 0. The molecule has 0 fully saturated rings. The molecule has 0 atom stereocenters.